The summed E-state index contributed by atoms with van der Waals surface area (Å²) in [5, 5.41) is 19.9. The lowest BCUT2D eigenvalue weighted by Crippen LogP contribution is -2.59. The van der Waals surface area contributed by atoms with Gasteiger partial charge in [0.2, 0.25) is 5.91 Å². The van der Waals surface area contributed by atoms with E-state index >= 15 is 0 Å². The van der Waals surface area contributed by atoms with Gasteiger partial charge in [0.1, 0.15) is 11.8 Å². The first-order valence-corrected chi connectivity index (χ1v) is 14.8. The maximum atomic E-state index is 13.8. The van der Waals surface area contributed by atoms with Crippen LogP contribution in [-0.4, -0.2) is 63.8 Å². The van der Waals surface area contributed by atoms with Gasteiger partial charge in [0.15, 0.2) is 6.10 Å². The van der Waals surface area contributed by atoms with E-state index in [2.05, 4.69) is 16.0 Å². The van der Waals surface area contributed by atoms with Crippen molar-refractivity contribution in [3.05, 3.63) is 95.6 Å². The van der Waals surface area contributed by atoms with E-state index in [4.69, 9.17) is 4.74 Å². The van der Waals surface area contributed by atoms with Crippen molar-refractivity contribution in [2.75, 3.05) is 18.3 Å². The Balaban J connectivity index is 1.50. The molecule has 0 saturated carbocycles. The van der Waals surface area contributed by atoms with Crippen LogP contribution in [0.5, 0.6) is 5.75 Å². The normalized spacial score (nSPS) is 17.2. The van der Waals surface area contributed by atoms with Gasteiger partial charge >= 0.3 is 6.03 Å². The summed E-state index contributed by atoms with van der Waals surface area (Å²) in [7, 11) is 1.56. The Hall–Kier alpha value is -4.02. The minimum atomic E-state index is -1.59. The molecule has 1 fully saturated rings. The maximum Gasteiger partial charge on any atom is 0.319 e. The molecule has 3 aromatic rings. The van der Waals surface area contributed by atoms with Crippen molar-refractivity contribution in [1.29, 1.82) is 0 Å². The predicted octanol–water partition coefficient (Wildman–Crippen LogP) is 4.09. The highest BCUT2D eigenvalue weighted by Gasteiger charge is 2.49. The number of thioether (sulfide) groups is 1. The van der Waals surface area contributed by atoms with Gasteiger partial charge in [0.25, 0.3) is 5.91 Å². The van der Waals surface area contributed by atoms with Crippen LogP contribution in [0.15, 0.2) is 78.9 Å². The maximum absolute atomic E-state index is 13.8. The fraction of sp³-hybridized carbons (Fsp3) is 0.344. The van der Waals surface area contributed by atoms with E-state index in [1.54, 1.807) is 31.4 Å². The second kappa shape index (κ2) is 13.8. The van der Waals surface area contributed by atoms with Crippen molar-refractivity contribution >= 4 is 35.3 Å². The summed E-state index contributed by atoms with van der Waals surface area (Å²) in [5.74, 6) is -0.0252. The number of aliphatic hydroxyl groups is 1. The Kier molecular flexibility index (Phi) is 10.1. The van der Waals surface area contributed by atoms with Crippen LogP contribution in [0.2, 0.25) is 0 Å². The molecule has 0 bridgehead atoms. The summed E-state index contributed by atoms with van der Waals surface area (Å²) in [6, 6.07) is 21.6. The largest absolute Gasteiger partial charge is 0.497 e. The average Bonchev–Trinajstić information content (AvgIpc) is 3.31. The number of hydrogen-bond acceptors (Lipinski definition) is 6. The van der Waals surface area contributed by atoms with E-state index in [0.717, 1.165) is 16.7 Å². The Labute approximate surface area is 251 Å². The summed E-state index contributed by atoms with van der Waals surface area (Å²) < 4.78 is 4.58. The Morgan fingerprint density at radius 3 is 2.36 bits per heavy atom. The Bertz CT molecular complexity index is 1380. The number of aryl methyl sites for hydroxylation is 1. The number of hydrogen-bond donors (Lipinski definition) is 4. The molecule has 0 aliphatic carbocycles. The number of ether oxygens (including phenoxy) is 1. The molecule has 42 heavy (non-hydrogen) atoms. The number of urea groups is 1. The number of anilines is 1. The van der Waals surface area contributed by atoms with Gasteiger partial charge in [-0.3, -0.25) is 9.59 Å². The van der Waals surface area contributed by atoms with E-state index in [9.17, 15) is 19.5 Å². The van der Waals surface area contributed by atoms with E-state index in [1.807, 2.05) is 75.4 Å². The molecule has 1 saturated heterocycles. The zero-order chi connectivity index (χ0) is 30.3. The zero-order valence-electron chi connectivity index (χ0n) is 24.3. The third-order valence-corrected chi connectivity index (χ3v) is 8.76. The third kappa shape index (κ3) is 7.63. The number of nitrogens with zero attached hydrogens (tertiary/aromatic N) is 1. The van der Waals surface area contributed by atoms with Crippen molar-refractivity contribution in [2.24, 2.45) is 0 Å². The highest BCUT2D eigenvalue weighted by molar-refractivity contribution is 8.00. The summed E-state index contributed by atoms with van der Waals surface area (Å²) in [6.07, 6.45) is -1.38. The number of amides is 4. The number of rotatable bonds is 10. The van der Waals surface area contributed by atoms with Gasteiger partial charge in [-0.2, -0.15) is 0 Å². The lowest BCUT2D eigenvalue weighted by molar-refractivity contribution is -0.147. The van der Waals surface area contributed by atoms with Gasteiger partial charge in [-0.15, -0.1) is 11.8 Å². The summed E-state index contributed by atoms with van der Waals surface area (Å²) in [4.78, 5) is 41.7. The molecule has 4 rings (SSSR count). The lowest BCUT2D eigenvalue weighted by atomic mass is 9.97. The highest BCUT2D eigenvalue weighted by Crippen LogP contribution is 2.40. The van der Waals surface area contributed by atoms with E-state index in [0.29, 0.717) is 18.0 Å². The van der Waals surface area contributed by atoms with Crippen LogP contribution in [0.25, 0.3) is 0 Å². The molecule has 0 radical (unpaired) electrons. The van der Waals surface area contributed by atoms with Gasteiger partial charge in [-0.05, 0) is 68.1 Å². The molecule has 9 nitrogen and oxygen atoms in total. The van der Waals surface area contributed by atoms with Gasteiger partial charge in [-0.1, -0.05) is 54.6 Å². The van der Waals surface area contributed by atoms with Crippen LogP contribution in [0.1, 0.15) is 30.5 Å². The molecule has 0 aromatic heterocycles. The molecule has 10 heteroatoms. The minimum absolute atomic E-state index is 0.207. The Morgan fingerprint density at radius 2 is 1.69 bits per heavy atom. The van der Waals surface area contributed by atoms with E-state index < -0.39 is 34.9 Å². The average molecular weight is 591 g/mol. The number of benzene rings is 3. The molecule has 222 valence electrons. The first-order chi connectivity index (χ1) is 20.1. The van der Waals surface area contributed by atoms with Gasteiger partial charge < -0.3 is 30.7 Å². The van der Waals surface area contributed by atoms with Crippen molar-refractivity contribution in [3.8, 4) is 5.75 Å². The molecule has 0 unspecified atom stereocenters. The molecular formula is C32H38N4O5S. The van der Waals surface area contributed by atoms with E-state index in [-0.39, 0.29) is 18.2 Å². The molecule has 3 aromatic carbocycles. The van der Waals surface area contributed by atoms with Crippen LogP contribution in [0.4, 0.5) is 10.5 Å². The molecule has 0 spiro atoms. The lowest BCUT2D eigenvalue weighted by Gasteiger charge is -2.33. The van der Waals surface area contributed by atoms with Crippen molar-refractivity contribution < 1.29 is 24.2 Å². The quantitative estimate of drug-likeness (QED) is 0.282. The van der Waals surface area contributed by atoms with Crippen LogP contribution < -0.4 is 20.7 Å². The topological polar surface area (TPSA) is 120 Å². The smallest absolute Gasteiger partial charge is 0.319 e. The number of carbonyl (C=O) groups is 3. The zero-order valence-corrected chi connectivity index (χ0v) is 25.1. The number of nitrogens with one attached hydrogen (secondary N) is 3. The number of carbonyl (C=O) groups excluding carboxylic acids is 3. The van der Waals surface area contributed by atoms with Crippen LogP contribution >= 0.6 is 11.8 Å². The van der Waals surface area contributed by atoms with Crippen LogP contribution in [0.3, 0.4) is 0 Å². The first kappa shape index (κ1) is 30.9. The molecular weight excluding hydrogens is 552 g/mol. The second-order valence-corrected chi connectivity index (χ2v) is 12.4. The van der Waals surface area contributed by atoms with E-state index in [1.165, 1.54) is 16.7 Å². The monoisotopic (exact) mass is 590 g/mol. The Morgan fingerprint density at radius 1 is 1.02 bits per heavy atom. The summed E-state index contributed by atoms with van der Waals surface area (Å²) >= 11 is 1.47. The molecule has 3 atom stereocenters. The molecule has 1 heterocycles. The summed E-state index contributed by atoms with van der Waals surface area (Å²) in [6.45, 7) is 6.14. The molecule has 4 amide bonds. The SMILES string of the molecule is COc1ccc(NC(=O)N[C@@H](Cc2ccccc2)[C@H](O)C(=O)N2CSC(C)(C)[C@H]2C(=O)NCc2ccccc2C)cc1. The van der Waals surface area contributed by atoms with Crippen LogP contribution in [-0.2, 0) is 22.6 Å². The molecule has 4 N–H and O–H groups in total. The van der Waals surface area contributed by atoms with Gasteiger partial charge in [-0.25, -0.2) is 4.79 Å². The van der Waals surface area contributed by atoms with Crippen molar-refractivity contribution in [3.63, 3.8) is 0 Å². The van der Waals surface area contributed by atoms with Crippen molar-refractivity contribution in [2.45, 2.75) is 56.7 Å². The molecule has 1 aliphatic heterocycles. The fourth-order valence-corrected chi connectivity index (χ4v) is 6.10. The predicted molar refractivity (Wildman–Crippen MR) is 165 cm³/mol. The fourth-order valence-electron chi connectivity index (χ4n) is 4.96. The van der Waals surface area contributed by atoms with Gasteiger partial charge in [0.05, 0.1) is 19.0 Å². The van der Waals surface area contributed by atoms with Crippen LogP contribution in [0, 0.1) is 6.92 Å². The van der Waals surface area contributed by atoms with Crippen molar-refractivity contribution in [1.82, 2.24) is 15.5 Å². The standard InChI is InChI=1S/C32H38N4O5S/c1-21-10-8-9-13-23(21)19-33-29(38)28-32(2,3)42-20-36(28)30(39)27(37)26(18-22-11-6-5-7-12-22)35-31(40)34-24-14-16-25(41-4)17-15-24/h5-17,26-28,37H,18-20H2,1-4H3,(H,33,38)(H2,34,35,40)/t26-,27-,28+/m0/s1. The second-order valence-electron chi connectivity index (χ2n) is 10.8. The van der Waals surface area contributed by atoms with Gasteiger partial charge in [0, 0.05) is 17.0 Å². The highest BCUT2D eigenvalue weighted by atomic mass is 32.2. The summed E-state index contributed by atoms with van der Waals surface area (Å²) in [5.41, 5.74) is 3.41. The number of aliphatic hydroxyl groups excluding tert-OH is 1. The minimum Gasteiger partial charge on any atom is -0.497 e. The third-order valence-electron chi connectivity index (χ3n) is 7.39. The number of methoxy groups -OCH3 is 1. The first-order valence-electron chi connectivity index (χ1n) is 13.8. The molecule has 1 aliphatic rings.